The summed E-state index contributed by atoms with van der Waals surface area (Å²) in [5, 5.41) is 42.0. The first-order valence-corrected chi connectivity index (χ1v) is 11.2. The molecule has 30 heavy (non-hydrogen) atoms. The molecule has 3 aromatic rings. The van der Waals surface area contributed by atoms with E-state index in [1.807, 2.05) is 5.38 Å². The molecule has 0 aliphatic carbocycles. The molecule has 0 amide bonds. The Bertz CT molecular complexity index is 1060. The number of hydrogen-bond acceptors (Lipinski definition) is 10. The number of thiazole rings is 1. The Morgan fingerprint density at radius 1 is 1.33 bits per heavy atom. The molecule has 1 fully saturated rings. The van der Waals surface area contributed by atoms with E-state index in [0.29, 0.717) is 20.1 Å². The van der Waals surface area contributed by atoms with Gasteiger partial charge < -0.3 is 24.9 Å². The molecular formula is C17H15BrN6O4S2. The number of nitrogens with zero attached hydrogens (tertiary/aromatic N) is 6. The quantitative estimate of drug-likeness (QED) is 0.440. The SMILES string of the molecule is [C-]#[N+]c1ncc(Br)cc1S[C@H]1OC(CO)[C@H](O)[C@H](n2cc(-c3nccs3)nn2)C1O. The second-order valence-electron chi connectivity index (χ2n) is 6.32. The topological polar surface area (TPSA) is 131 Å². The normalized spacial score (nSPS) is 26.4. The number of hydrogen-bond donors (Lipinski definition) is 3. The van der Waals surface area contributed by atoms with E-state index in [1.165, 1.54) is 22.2 Å². The minimum Gasteiger partial charge on any atom is -0.394 e. The van der Waals surface area contributed by atoms with Gasteiger partial charge in [-0.3, -0.25) is 0 Å². The minimum absolute atomic E-state index is 0.161. The van der Waals surface area contributed by atoms with E-state index >= 15 is 0 Å². The van der Waals surface area contributed by atoms with Crippen LogP contribution in [0.25, 0.3) is 15.5 Å². The minimum atomic E-state index is -1.23. The highest BCUT2D eigenvalue weighted by Crippen LogP contribution is 2.41. The molecule has 0 bridgehead atoms. The van der Waals surface area contributed by atoms with E-state index in [-0.39, 0.29) is 5.82 Å². The summed E-state index contributed by atoms with van der Waals surface area (Å²) in [5.41, 5.74) is -0.383. The molecule has 1 aliphatic rings. The summed E-state index contributed by atoms with van der Waals surface area (Å²) >= 11 is 5.80. The van der Waals surface area contributed by atoms with Gasteiger partial charge in [0.2, 0.25) is 0 Å². The first-order chi connectivity index (χ1) is 14.5. The van der Waals surface area contributed by atoms with Gasteiger partial charge in [0, 0.05) is 16.5 Å². The number of aromatic nitrogens is 5. The summed E-state index contributed by atoms with van der Waals surface area (Å²) in [7, 11) is 0. The molecule has 3 aromatic heterocycles. The maximum atomic E-state index is 11.0. The first-order valence-electron chi connectivity index (χ1n) is 8.65. The predicted octanol–water partition coefficient (Wildman–Crippen LogP) is 1.88. The lowest BCUT2D eigenvalue weighted by Gasteiger charge is -2.41. The van der Waals surface area contributed by atoms with Gasteiger partial charge in [0.1, 0.15) is 46.7 Å². The molecule has 1 saturated heterocycles. The monoisotopic (exact) mass is 510 g/mol. The Kier molecular flexibility index (Phi) is 6.44. The fourth-order valence-electron chi connectivity index (χ4n) is 3.06. The molecule has 2 unspecified atom stereocenters. The Morgan fingerprint density at radius 2 is 2.17 bits per heavy atom. The third-order valence-electron chi connectivity index (χ3n) is 4.46. The zero-order valence-electron chi connectivity index (χ0n) is 15.1. The third-order valence-corrected chi connectivity index (χ3v) is 6.87. The lowest BCUT2D eigenvalue weighted by atomic mass is 9.97. The zero-order chi connectivity index (χ0) is 21.3. The van der Waals surface area contributed by atoms with Gasteiger partial charge >= 0.3 is 0 Å². The van der Waals surface area contributed by atoms with Crippen LogP contribution in [-0.4, -0.2) is 70.6 Å². The van der Waals surface area contributed by atoms with E-state index in [2.05, 4.69) is 41.1 Å². The van der Waals surface area contributed by atoms with Crippen molar-refractivity contribution in [2.75, 3.05) is 6.61 Å². The molecule has 4 heterocycles. The van der Waals surface area contributed by atoms with Gasteiger partial charge in [-0.15, -0.1) is 33.2 Å². The van der Waals surface area contributed by atoms with Crippen LogP contribution in [0.4, 0.5) is 5.82 Å². The van der Waals surface area contributed by atoms with Gasteiger partial charge in [-0.2, -0.15) is 0 Å². The van der Waals surface area contributed by atoms with Crippen molar-refractivity contribution in [2.45, 2.75) is 34.7 Å². The molecule has 5 atom stereocenters. The summed E-state index contributed by atoms with van der Waals surface area (Å²) in [6.45, 7) is 6.84. The van der Waals surface area contributed by atoms with E-state index in [0.717, 1.165) is 11.8 Å². The van der Waals surface area contributed by atoms with Crippen molar-refractivity contribution >= 4 is 44.8 Å². The maximum absolute atomic E-state index is 11.0. The van der Waals surface area contributed by atoms with Crippen LogP contribution in [0.2, 0.25) is 0 Å². The molecule has 10 nitrogen and oxygen atoms in total. The van der Waals surface area contributed by atoms with E-state index in [1.54, 1.807) is 18.5 Å². The highest BCUT2D eigenvalue weighted by atomic mass is 79.9. The van der Waals surface area contributed by atoms with Crippen LogP contribution in [-0.2, 0) is 4.74 Å². The highest BCUT2D eigenvalue weighted by molar-refractivity contribution is 9.10. The molecule has 3 N–H and O–H groups in total. The number of aliphatic hydroxyl groups excluding tert-OH is 3. The average Bonchev–Trinajstić information content (AvgIpc) is 3.42. The van der Waals surface area contributed by atoms with Crippen molar-refractivity contribution in [3.63, 3.8) is 0 Å². The van der Waals surface area contributed by atoms with Gasteiger partial charge in [0.15, 0.2) is 0 Å². The number of pyridine rings is 1. The molecular weight excluding hydrogens is 496 g/mol. The first kappa shape index (κ1) is 21.3. The average molecular weight is 511 g/mol. The lowest BCUT2D eigenvalue weighted by Crippen LogP contribution is -2.55. The fraction of sp³-hybridized carbons (Fsp3) is 0.353. The summed E-state index contributed by atoms with van der Waals surface area (Å²) < 4.78 is 7.76. The van der Waals surface area contributed by atoms with Gasteiger partial charge in [-0.05, 0) is 22.0 Å². The van der Waals surface area contributed by atoms with Crippen LogP contribution in [0.15, 0.2) is 39.4 Å². The summed E-state index contributed by atoms with van der Waals surface area (Å²) in [5.74, 6) is 0.161. The number of thioether (sulfide) groups is 1. The van der Waals surface area contributed by atoms with Crippen LogP contribution in [0.3, 0.4) is 0 Å². The van der Waals surface area contributed by atoms with Gasteiger partial charge in [-0.1, -0.05) is 11.8 Å². The highest BCUT2D eigenvalue weighted by Gasteiger charge is 2.46. The van der Waals surface area contributed by atoms with Gasteiger partial charge in [-0.25, -0.2) is 9.67 Å². The third kappa shape index (κ3) is 4.12. The Labute approximate surface area is 187 Å². The number of halogens is 1. The van der Waals surface area contributed by atoms with Crippen LogP contribution >= 0.6 is 39.0 Å². The van der Waals surface area contributed by atoms with Crippen LogP contribution in [0.5, 0.6) is 0 Å². The van der Waals surface area contributed by atoms with E-state index < -0.39 is 36.4 Å². The fourth-order valence-corrected chi connectivity index (χ4v) is 5.27. The van der Waals surface area contributed by atoms with Crippen molar-refractivity contribution in [3.05, 3.63) is 45.9 Å². The Balaban J connectivity index is 1.64. The molecule has 4 rings (SSSR count). The number of aliphatic hydroxyl groups is 3. The van der Waals surface area contributed by atoms with Crippen molar-refractivity contribution in [1.82, 2.24) is 25.0 Å². The molecule has 0 radical (unpaired) electrons. The molecule has 156 valence electrons. The molecule has 1 aliphatic heterocycles. The summed E-state index contributed by atoms with van der Waals surface area (Å²) in [6, 6.07) is 0.775. The summed E-state index contributed by atoms with van der Waals surface area (Å²) in [6.07, 6.45) is 1.34. The second-order valence-corrected chi connectivity index (χ2v) is 9.27. The number of rotatable bonds is 5. The van der Waals surface area contributed by atoms with Gasteiger partial charge in [0.25, 0.3) is 5.82 Å². The van der Waals surface area contributed by atoms with Crippen LogP contribution in [0.1, 0.15) is 6.04 Å². The van der Waals surface area contributed by atoms with E-state index in [4.69, 9.17) is 11.3 Å². The second kappa shape index (κ2) is 9.06. The Hall–Kier alpha value is -1.92. The molecule has 0 spiro atoms. The van der Waals surface area contributed by atoms with Gasteiger partial charge in [0.05, 0.1) is 17.3 Å². The maximum Gasteiger partial charge on any atom is 0.283 e. The van der Waals surface area contributed by atoms with Crippen molar-refractivity contribution in [1.29, 1.82) is 0 Å². The van der Waals surface area contributed by atoms with Crippen molar-refractivity contribution < 1.29 is 20.1 Å². The zero-order valence-corrected chi connectivity index (χ0v) is 18.3. The smallest absolute Gasteiger partial charge is 0.283 e. The number of ether oxygens (including phenoxy) is 1. The standard InChI is InChI=1S/C17H15BrN6O4S2/c1-19-15-11(4-8(18)5-21-15)30-17-14(27)12(13(26)10(7-25)28-17)24-6-9(22-23-24)16-20-2-3-29-16/h2-6,10,12-14,17,25-27H,7H2/t10?,12-,13-,14?,17+/m0/s1. The summed E-state index contributed by atoms with van der Waals surface area (Å²) in [4.78, 5) is 12.1. The largest absolute Gasteiger partial charge is 0.394 e. The van der Waals surface area contributed by atoms with Crippen molar-refractivity contribution in [3.8, 4) is 10.7 Å². The molecule has 0 saturated carbocycles. The van der Waals surface area contributed by atoms with Crippen LogP contribution < -0.4 is 0 Å². The Morgan fingerprint density at radius 3 is 2.87 bits per heavy atom. The molecule has 13 heteroatoms. The van der Waals surface area contributed by atoms with E-state index in [9.17, 15) is 15.3 Å². The van der Waals surface area contributed by atoms with Crippen molar-refractivity contribution in [2.24, 2.45) is 0 Å². The van der Waals surface area contributed by atoms with Crippen LogP contribution in [0, 0.1) is 6.57 Å². The molecule has 0 aromatic carbocycles. The lowest BCUT2D eigenvalue weighted by molar-refractivity contribution is -0.178. The predicted molar refractivity (Wildman–Crippen MR) is 112 cm³/mol.